The number of alkyl halides is 1. The third-order valence-corrected chi connectivity index (χ3v) is 5.71. The maximum absolute atomic E-state index is 12.8. The molecule has 6 heteroatoms. The second kappa shape index (κ2) is 5.04. The van der Waals surface area contributed by atoms with Crippen molar-refractivity contribution in [2.24, 2.45) is 5.92 Å². The molecule has 0 radical (unpaired) electrons. The number of nitrogens with zero attached hydrogens (tertiary/aromatic N) is 1. The van der Waals surface area contributed by atoms with E-state index in [2.05, 4.69) is 15.9 Å². The molecule has 3 nitrogen and oxygen atoms in total. The molecule has 1 heterocycles. The highest BCUT2D eigenvalue weighted by Gasteiger charge is 2.31. The van der Waals surface area contributed by atoms with Gasteiger partial charge >= 0.3 is 0 Å². The largest absolute Gasteiger partial charge is 0.243 e. The molecule has 1 saturated heterocycles. The Bertz CT molecular complexity index is 489. The third kappa shape index (κ3) is 2.69. The van der Waals surface area contributed by atoms with Crippen LogP contribution in [0, 0.1) is 11.7 Å². The minimum Gasteiger partial charge on any atom is -0.207 e. The maximum Gasteiger partial charge on any atom is 0.243 e. The van der Waals surface area contributed by atoms with Gasteiger partial charge in [0.25, 0.3) is 0 Å². The van der Waals surface area contributed by atoms with Crippen molar-refractivity contribution in [1.29, 1.82) is 0 Å². The SMILES string of the molecule is O=S(=O)(c1ccc(F)cc1)N1CCC(CBr)C1. The molecule has 2 rings (SSSR count). The molecule has 0 spiro atoms. The fourth-order valence-corrected chi connectivity index (χ4v) is 3.96. The molecule has 1 aliphatic heterocycles. The van der Waals surface area contributed by atoms with E-state index in [-0.39, 0.29) is 4.90 Å². The first-order valence-electron chi connectivity index (χ1n) is 5.35. The van der Waals surface area contributed by atoms with Crippen molar-refractivity contribution in [3.05, 3.63) is 30.1 Å². The predicted molar refractivity (Wildman–Crippen MR) is 67.1 cm³/mol. The maximum atomic E-state index is 12.8. The van der Waals surface area contributed by atoms with Crippen molar-refractivity contribution >= 4 is 26.0 Å². The smallest absolute Gasteiger partial charge is 0.207 e. The monoisotopic (exact) mass is 321 g/mol. The number of benzene rings is 1. The van der Waals surface area contributed by atoms with Crippen molar-refractivity contribution in [3.63, 3.8) is 0 Å². The molecule has 17 heavy (non-hydrogen) atoms. The molecule has 1 fully saturated rings. The normalized spacial score (nSPS) is 21.9. The summed E-state index contributed by atoms with van der Waals surface area (Å²) in [4.78, 5) is 0.161. The molecule has 0 aliphatic carbocycles. The van der Waals surface area contributed by atoms with E-state index < -0.39 is 15.8 Å². The lowest BCUT2D eigenvalue weighted by molar-refractivity contribution is 0.466. The average Bonchev–Trinajstić information content (AvgIpc) is 2.78. The van der Waals surface area contributed by atoms with Gasteiger partial charge in [-0.3, -0.25) is 0 Å². The lowest BCUT2D eigenvalue weighted by Gasteiger charge is -2.16. The van der Waals surface area contributed by atoms with Gasteiger partial charge in [0, 0.05) is 18.4 Å². The van der Waals surface area contributed by atoms with Crippen LogP contribution < -0.4 is 0 Å². The summed E-state index contributed by atoms with van der Waals surface area (Å²) >= 11 is 3.37. The van der Waals surface area contributed by atoms with Crippen molar-refractivity contribution in [3.8, 4) is 0 Å². The summed E-state index contributed by atoms with van der Waals surface area (Å²) in [5, 5.41) is 0.808. The summed E-state index contributed by atoms with van der Waals surface area (Å²) in [6.07, 6.45) is 0.867. The van der Waals surface area contributed by atoms with Crippen molar-refractivity contribution in [1.82, 2.24) is 4.31 Å². The van der Waals surface area contributed by atoms with Crippen LogP contribution in [0.5, 0.6) is 0 Å². The van der Waals surface area contributed by atoms with E-state index in [9.17, 15) is 12.8 Å². The van der Waals surface area contributed by atoms with Crippen LogP contribution in [0.1, 0.15) is 6.42 Å². The molecule has 0 N–H and O–H groups in total. The first-order valence-corrected chi connectivity index (χ1v) is 7.92. The summed E-state index contributed by atoms with van der Waals surface area (Å²) in [7, 11) is -3.45. The molecule has 1 aromatic carbocycles. The Morgan fingerprint density at radius 3 is 2.53 bits per heavy atom. The van der Waals surface area contributed by atoms with Gasteiger partial charge in [-0.1, -0.05) is 15.9 Å². The minimum atomic E-state index is -3.45. The fraction of sp³-hybridized carbons (Fsp3) is 0.455. The van der Waals surface area contributed by atoms with E-state index >= 15 is 0 Å². The van der Waals surface area contributed by atoms with Gasteiger partial charge in [0.15, 0.2) is 0 Å². The Labute approximate surface area is 109 Å². The molecule has 1 aromatic rings. The quantitative estimate of drug-likeness (QED) is 0.801. The van der Waals surface area contributed by atoms with Gasteiger partial charge in [0.05, 0.1) is 4.90 Å². The summed E-state index contributed by atoms with van der Waals surface area (Å²) in [5.74, 6) is -0.0612. The van der Waals surface area contributed by atoms with Gasteiger partial charge in [-0.2, -0.15) is 4.31 Å². The fourth-order valence-electron chi connectivity index (χ4n) is 1.90. The topological polar surface area (TPSA) is 37.4 Å². The first-order chi connectivity index (χ1) is 8.04. The molecule has 94 valence electrons. The summed E-state index contributed by atoms with van der Waals surface area (Å²) in [6, 6.07) is 4.97. The highest BCUT2D eigenvalue weighted by molar-refractivity contribution is 9.09. The number of hydrogen-bond donors (Lipinski definition) is 0. The summed E-state index contributed by atoms with van der Waals surface area (Å²) < 4.78 is 38.6. The van der Waals surface area contributed by atoms with Crippen LogP contribution in [0.25, 0.3) is 0 Å². The predicted octanol–water partition coefficient (Wildman–Crippen LogP) is 2.23. The molecule has 0 saturated carbocycles. The molecule has 1 unspecified atom stereocenters. The third-order valence-electron chi connectivity index (χ3n) is 2.92. The van der Waals surface area contributed by atoms with Gasteiger partial charge in [-0.25, -0.2) is 12.8 Å². The lowest BCUT2D eigenvalue weighted by Crippen LogP contribution is -2.29. The second-order valence-electron chi connectivity index (χ2n) is 4.13. The Balaban J connectivity index is 2.22. The van der Waals surface area contributed by atoms with Crippen LogP contribution >= 0.6 is 15.9 Å². The Kier molecular flexibility index (Phi) is 3.85. The molecule has 1 atom stereocenters. The van der Waals surface area contributed by atoms with Gasteiger partial charge < -0.3 is 0 Å². The van der Waals surface area contributed by atoms with Crippen LogP contribution in [0.2, 0.25) is 0 Å². The standard InChI is InChI=1S/C11H13BrFNO2S/c12-7-9-5-6-14(8-9)17(15,16)11-3-1-10(13)2-4-11/h1-4,9H,5-8H2. The molecule has 0 bridgehead atoms. The van der Waals surface area contributed by atoms with Crippen LogP contribution in [-0.2, 0) is 10.0 Å². The molecule has 0 aromatic heterocycles. The van der Waals surface area contributed by atoms with Gasteiger partial charge in [-0.15, -0.1) is 0 Å². The number of sulfonamides is 1. The van der Waals surface area contributed by atoms with Crippen LogP contribution in [0.4, 0.5) is 4.39 Å². The second-order valence-corrected chi connectivity index (χ2v) is 6.71. The Morgan fingerprint density at radius 1 is 1.35 bits per heavy atom. The molecule has 1 aliphatic rings. The van der Waals surface area contributed by atoms with E-state index in [0.717, 1.165) is 11.8 Å². The van der Waals surface area contributed by atoms with Gasteiger partial charge in [-0.05, 0) is 36.6 Å². The average molecular weight is 322 g/mol. The van der Waals surface area contributed by atoms with E-state index in [1.807, 2.05) is 0 Å². The first kappa shape index (κ1) is 13.0. The number of halogens is 2. The Morgan fingerprint density at radius 2 is 2.00 bits per heavy atom. The van der Waals surface area contributed by atoms with Crippen LogP contribution in [-0.4, -0.2) is 31.1 Å². The summed E-state index contributed by atoms with van der Waals surface area (Å²) in [5.41, 5.74) is 0. The number of hydrogen-bond acceptors (Lipinski definition) is 2. The van der Waals surface area contributed by atoms with Crippen LogP contribution in [0.3, 0.4) is 0 Å². The summed E-state index contributed by atoms with van der Waals surface area (Å²) in [6.45, 7) is 1.07. The molecular formula is C11H13BrFNO2S. The van der Waals surface area contributed by atoms with E-state index in [4.69, 9.17) is 0 Å². The van der Waals surface area contributed by atoms with E-state index in [1.165, 1.54) is 28.6 Å². The van der Waals surface area contributed by atoms with Gasteiger partial charge in [0.1, 0.15) is 5.82 Å². The highest BCUT2D eigenvalue weighted by atomic mass is 79.9. The number of rotatable bonds is 3. The van der Waals surface area contributed by atoms with Crippen molar-refractivity contribution < 1.29 is 12.8 Å². The zero-order valence-corrected chi connectivity index (χ0v) is 11.5. The minimum absolute atomic E-state index is 0.161. The van der Waals surface area contributed by atoms with E-state index in [0.29, 0.717) is 19.0 Å². The van der Waals surface area contributed by atoms with Crippen LogP contribution in [0.15, 0.2) is 29.2 Å². The Hall–Kier alpha value is -0.460. The molecular weight excluding hydrogens is 309 g/mol. The van der Waals surface area contributed by atoms with Gasteiger partial charge in [0.2, 0.25) is 10.0 Å². The lowest BCUT2D eigenvalue weighted by atomic mass is 10.2. The van der Waals surface area contributed by atoms with Crippen molar-refractivity contribution in [2.45, 2.75) is 11.3 Å². The zero-order chi connectivity index (χ0) is 12.5. The zero-order valence-electron chi connectivity index (χ0n) is 9.14. The van der Waals surface area contributed by atoms with Crippen molar-refractivity contribution in [2.75, 3.05) is 18.4 Å². The highest BCUT2D eigenvalue weighted by Crippen LogP contribution is 2.25. The molecule has 0 amide bonds. The van der Waals surface area contributed by atoms with E-state index in [1.54, 1.807) is 0 Å².